The molecule has 1 aromatic rings. The molecule has 2 N–H and O–H groups in total. The number of benzene rings is 1. The Morgan fingerprint density at radius 2 is 1.79 bits per heavy atom. The van der Waals surface area contributed by atoms with Crippen molar-refractivity contribution in [3.05, 3.63) is 28.8 Å². The van der Waals surface area contributed by atoms with Crippen LogP contribution < -0.4 is 5.73 Å². The van der Waals surface area contributed by atoms with Crippen LogP contribution in [0.4, 0.5) is 5.69 Å². The number of nitrogen functional groups attached to an aromatic ring is 1. The number of aryl methyl sites for hydroxylation is 2. The van der Waals surface area contributed by atoms with Gasteiger partial charge in [-0.05, 0) is 43.9 Å². The van der Waals surface area contributed by atoms with Crippen molar-refractivity contribution in [2.75, 3.05) is 12.8 Å². The first-order chi connectivity index (χ1) is 9.00. The molecule has 0 bridgehead atoms. The van der Waals surface area contributed by atoms with E-state index in [1.54, 1.807) is 0 Å². The monoisotopic (exact) mass is 260 g/mol. The van der Waals surface area contributed by atoms with Crippen LogP contribution in [0.1, 0.15) is 53.6 Å². The molecule has 3 nitrogen and oxygen atoms in total. The predicted octanol–water partition coefficient (Wildman–Crippen LogP) is 3.29. The van der Waals surface area contributed by atoms with Crippen LogP contribution in [0.15, 0.2) is 12.1 Å². The summed E-state index contributed by atoms with van der Waals surface area (Å²) in [7, 11) is 1.92. The maximum atomic E-state index is 12.6. The maximum absolute atomic E-state index is 12.6. The highest BCUT2D eigenvalue weighted by atomic mass is 16.2. The van der Waals surface area contributed by atoms with Crippen molar-refractivity contribution in [3.8, 4) is 0 Å². The molecular formula is C16H24N2O. The van der Waals surface area contributed by atoms with Crippen LogP contribution in [0.5, 0.6) is 0 Å². The third-order valence-electron chi connectivity index (χ3n) is 4.29. The summed E-state index contributed by atoms with van der Waals surface area (Å²) in [6.07, 6.45) is 6.02. The van der Waals surface area contributed by atoms with Gasteiger partial charge in [-0.2, -0.15) is 0 Å². The van der Waals surface area contributed by atoms with Crippen molar-refractivity contribution < 1.29 is 4.79 Å². The third-order valence-corrected chi connectivity index (χ3v) is 4.29. The second kappa shape index (κ2) is 5.64. The Morgan fingerprint density at radius 1 is 1.16 bits per heavy atom. The lowest BCUT2D eigenvalue weighted by Gasteiger charge is -2.31. The van der Waals surface area contributed by atoms with Crippen LogP contribution in [0.25, 0.3) is 0 Å². The van der Waals surface area contributed by atoms with E-state index in [-0.39, 0.29) is 5.91 Å². The van der Waals surface area contributed by atoms with Crippen LogP contribution >= 0.6 is 0 Å². The highest BCUT2D eigenvalue weighted by Crippen LogP contribution is 2.25. The lowest BCUT2D eigenvalue weighted by atomic mass is 9.93. The van der Waals surface area contributed by atoms with E-state index in [1.807, 2.05) is 37.9 Å². The number of amides is 1. The van der Waals surface area contributed by atoms with E-state index in [2.05, 4.69) is 0 Å². The zero-order valence-electron chi connectivity index (χ0n) is 12.2. The normalized spacial score (nSPS) is 16.4. The largest absolute Gasteiger partial charge is 0.398 e. The van der Waals surface area contributed by atoms with E-state index in [0.717, 1.165) is 29.5 Å². The SMILES string of the molecule is Cc1cc(C)c(C(=O)N(C)C2CCCCC2)cc1N. The smallest absolute Gasteiger partial charge is 0.254 e. The summed E-state index contributed by atoms with van der Waals surface area (Å²) in [6, 6.07) is 4.21. The van der Waals surface area contributed by atoms with Gasteiger partial charge in [0.2, 0.25) is 0 Å². The van der Waals surface area contributed by atoms with E-state index in [4.69, 9.17) is 5.73 Å². The minimum absolute atomic E-state index is 0.108. The summed E-state index contributed by atoms with van der Waals surface area (Å²) in [6.45, 7) is 3.95. The molecule has 1 aliphatic rings. The van der Waals surface area contributed by atoms with E-state index < -0.39 is 0 Å². The molecule has 0 radical (unpaired) electrons. The molecule has 0 atom stereocenters. The van der Waals surface area contributed by atoms with Gasteiger partial charge in [0.05, 0.1) is 0 Å². The van der Waals surface area contributed by atoms with Crippen LogP contribution in [0, 0.1) is 13.8 Å². The summed E-state index contributed by atoms with van der Waals surface area (Å²) >= 11 is 0. The first-order valence-electron chi connectivity index (χ1n) is 7.14. The Labute approximate surface area is 115 Å². The van der Waals surface area contributed by atoms with Crippen LogP contribution in [-0.4, -0.2) is 23.9 Å². The van der Waals surface area contributed by atoms with Gasteiger partial charge >= 0.3 is 0 Å². The summed E-state index contributed by atoms with van der Waals surface area (Å²) in [5.74, 6) is 0.108. The van der Waals surface area contributed by atoms with Gasteiger partial charge in [0.25, 0.3) is 5.91 Å². The van der Waals surface area contributed by atoms with Gasteiger partial charge in [-0.15, -0.1) is 0 Å². The number of carbonyl (C=O) groups excluding carboxylic acids is 1. The number of anilines is 1. The highest BCUT2D eigenvalue weighted by molar-refractivity contribution is 5.96. The number of rotatable bonds is 2. The molecule has 0 saturated heterocycles. The Bertz CT molecular complexity index is 476. The average Bonchev–Trinajstić information content (AvgIpc) is 2.42. The Balaban J connectivity index is 2.21. The fourth-order valence-corrected chi connectivity index (χ4v) is 2.92. The van der Waals surface area contributed by atoms with Gasteiger partial charge in [-0.3, -0.25) is 4.79 Å². The number of hydrogen-bond acceptors (Lipinski definition) is 2. The van der Waals surface area contributed by atoms with Crippen molar-refractivity contribution in [3.63, 3.8) is 0 Å². The minimum Gasteiger partial charge on any atom is -0.398 e. The summed E-state index contributed by atoms with van der Waals surface area (Å²) in [5, 5.41) is 0. The molecule has 1 fully saturated rings. The summed E-state index contributed by atoms with van der Waals surface area (Å²) < 4.78 is 0. The van der Waals surface area contributed by atoms with Gasteiger partial charge < -0.3 is 10.6 Å². The summed E-state index contributed by atoms with van der Waals surface area (Å²) in [4.78, 5) is 14.5. The quantitative estimate of drug-likeness (QED) is 0.829. The van der Waals surface area contributed by atoms with Crippen LogP contribution in [-0.2, 0) is 0 Å². The van der Waals surface area contributed by atoms with E-state index in [9.17, 15) is 4.79 Å². The fraction of sp³-hybridized carbons (Fsp3) is 0.562. The third kappa shape index (κ3) is 2.91. The van der Waals surface area contributed by atoms with Gasteiger partial charge in [-0.25, -0.2) is 0 Å². The number of carbonyl (C=O) groups is 1. The maximum Gasteiger partial charge on any atom is 0.254 e. The predicted molar refractivity (Wildman–Crippen MR) is 79.3 cm³/mol. The molecule has 1 aromatic carbocycles. The molecule has 0 aliphatic heterocycles. The summed E-state index contributed by atoms with van der Waals surface area (Å²) in [5.41, 5.74) is 9.43. The molecule has 19 heavy (non-hydrogen) atoms. The number of hydrogen-bond donors (Lipinski definition) is 1. The molecule has 2 rings (SSSR count). The first-order valence-corrected chi connectivity index (χ1v) is 7.14. The second-order valence-corrected chi connectivity index (χ2v) is 5.73. The minimum atomic E-state index is 0.108. The second-order valence-electron chi connectivity index (χ2n) is 5.73. The van der Waals surface area contributed by atoms with Crippen molar-refractivity contribution in [1.29, 1.82) is 0 Å². The molecule has 0 aromatic heterocycles. The van der Waals surface area contributed by atoms with Crippen molar-refractivity contribution in [1.82, 2.24) is 4.90 Å². The molecule has 1 amide bonds. The first kappa shape index (κ1) is 13.9. The Hall–Kier alpha value is -1.51. The molecular weight excluding hydrogens is 236 g/mol. The zero-order valence-corrected chi connectivity index (χ0v) is 12.2. The zero-order chi connectivity index (χ0) is 14.0. The fourth-order valence-electron chi connectivity index (χ4n) is 2.92. The van der Waals surface area contributed by atoms with Crippen LogP contribution in [0.2, 0.25) is 0 Å². The number of nitrogens with two attached hydrogens (primary N) is 1. The van der Waals surface area contributed by atoms with Gasteiger partial charge in [0, 0.05) is 24.3 Å². The van der Waals surface area contributed by atoms with Gasteiger partial charge in [0.15, 0.2) is 0 Å². The molecule has 0 spiro atoms. The highest BCUT2D eigenvalue weighted by Gasteiger charge is 2.24. The average molecular weight is 260 g/mol. The lowest BCUT2D eigenvalue weighted by Crippen LogP contribution is -2.38. The van der Waals surface area contributed by atoms with Gasteiger partial charge in [-0.1, -0.05) is 25.3 Å². The van der Waals surface area contributed by atoms with Crippen molar-refractivity contribution in [2.24, 2.45) is 0 Å². The van der Waals surface area contributed by atoms with E-state index in [0.29, 0.717) is 11.7 Å². The molecule has 1 aliphatic carbocycles. The Morgan fingerprint density at radius 3 is 2.42 bits per heavy atom. The van der Waals surface area contributed by atoms with E-state index in [1.165, 1.54) is 19.3 Å². The number of nitrogens with zero attached hydrogens (tertiary/aromatic N) is 1. The lowest BCUT2D eigenvalue weighted by molar-refractivity contribution is 0.0695. The molecule has 1 saturated carbocycles. The standard InChI is InChI=1S/C16H24N2O/c1-11-9-12(2)15(17)10-14(11)16(19)18(3)13-7-5-4-6-8-13/h9-10,13H,4-8,17H2,1-3H3. The molecule has 0 heterocycles. The van der Waals surface area contributed by atoms with Gasteiger partial charge in [0.1, 0.15) is 0 Å². The van der Waals surface area contributed by atoms with Crippen molar-refractivity contribution >= 4 is 11.6 Å². The van der Waals surface area contributed by atoms with E-state index >= 15 is 0 Å². The molecule has 3 heteroatoms. The molecule has 104 valence electrons. The molecule has 0 unspecified atom stereocenters. The topological polar surface area (TPSA) is 46.3 Å². The van der Waals surface area contributed by atoms with Crippen LogP contribution in [0.3, 0.4) is 0 Å². The van der Waals surface area contributed by atoms with Crippen molar-refractivity contribution in [2.45, 2.75) is 52.0 Å². The Kier molecular flexibility index (Phi) is 4.13.